The van der Waals surface area contributed by atoms with Crippen LogP contribution < -0.4 is 5.32 Å². The van der Waals surface area contributed by atoms with Crippen molar-refractivity contribution in [2.75, 3.05) is 13.7 Å². The molecule has 0 fully saturated rings. The number of amides is 2. The monoisotopic (exact) mass is 287 g/mol. The van der Waals surface area contributed by atoms with Crippen LogP contribution in [-0.4, -0.2) is 40.3 Å². The van der Waals surface area contributed by atoms with Gasteiger partial charge in [-0.25, -0.2) is 4.79 Å². The second-order valence-corrected chi connectivity index (χ2v) is 5.27. The lowest BCUT2D eigenvalue weighted by Crippen LogP contribution is -2.41. The van der Waals surface area contributed by atoms with Gasteiger partial charge in [0.25, 0.3) is 0 Å². The van der Waals surface area contributed by atoms with Gasteiger partial charge in [0.05, 0.1) is 11.6 Å². The van der Waals surface area contributed by atoms with Crippen LogP contribution >= 0.6 is 11.6 Å². The predicted octanol–water partition coefficient (Wildman–Crippen LogP) is 1.98. The van der Waals surface area contributed by atoms with Crippen molar-refractivity contribution >= 4 is 17.6 Å². The van der Waals surface area contributed by atoms with E-state index in [0.717, 1.165) is 12.1 Å². The van der Waals surface area contributed by atoms with Crippen molar-refractivity contribution in [3.8, 4) is 0 Å². The Balaban J connectivity index is 2.46. The number of aliphatic hydroxyl groups is 1. The number of aliphatic hydroxyl groups excluding tert-OH is 1. The summed E-state index contributed by atoms with van der Waals surface area (Å²) in [6.07, 6.45) is 3.27. The van der Waals surface area contributed by atoms with Crippen molar-refractivity contribution in [2.24, 2.45) is 7.05 Å². The third-order valence-corrected chi connectivity index (χ3v) is 3.19. The lowest BCUT2D eigenvalue weighted by atomic mass is 10.2. The summed E-state index contributed by atoms with van der Waals surface area (Å²) >= 11 is 5.91. The van der Waals surface area contributed by atoms with E-state index < -0.39 is 0 Å². The third-order valence-electron chi connectivity index (χ3n) is 2.99. The van der Waals surface area contributed by atoms with Gasteiger partial charge in [-0.2, -0.15) is 0 Å². The molecule has 0 spiro atoms. The van der Waals surface area contributed by atoms with Gasteiger partial charge >= 0.3 is 6.03 Å². The highest BCUT2D eigenvalue weighted by molar-refractivity contribution is 6.30. The van der Waals surface area contributed by atoms with Crippen LogP contribution in [0.3, 0.4) is 0 Å². The maximum absolute atomic E-state index is 11.9. The van der Waals surface area contributed by atoms with Crippen molar-refractivity contribution in [3.63, 3.8) is 0 Å². The van der Waals surface area contributed by atoms with Crippen molar-refractivity contribution < 1.29 is 9.90 Å². The molecule has 19 heavy (non-hydrogen) atoms. The minimum atomic E-state index is -0.122. The van der Waals surface area contributed by atoms with Crippen molar-refractivity contribution in [1.82, 2.24) is 14.8 Å². The van der Waals surface area contributed by atoms with Crippen LogP contribution in [0.5, 0.6) is 0 Å². The predicted molar refractivity (Wildman–Crippen MR) is 76.2 cm³/mol. The van der Waals surface area contributed by atoms with Crippen LogP contribution in [0.1, 0.15) is 25.5 Å². The number of rotatable bonds is 6. The zero-order valence-corrected chi connectivity index (χ0v) is 12.4. The smallest absolute Gasteiger partial charge is 0.317 e. The topological polar surface area (TPSA) is 57.5 Å². The fourth-order valence-corrected chi connectivity index (χ4v) is 2.10. The number of carbonyl (C=O) groups is 1. The van der Waals surface area contributed by atoms with Gasteiger partial charge in [0.15, 0.2) is 0 Å². The first kappa shape index (κ1) is 15.9. The number of hydrogen-bond acceptors (Lipinski definition) is 2. The van der Waals surface area contributed by atoms with E-state index in [0.29, 0.717) is 18.0 Å². The van der Waals surface area contributed by atoms with E-state index in [1.165, 1.54) is 0 Å². The van der Waals surface area contributed by atoms with E-state index in [4.69, 9.17) is 16.7 Å². The average Bonchev–Trinajstić information content (AvgIpc) is 2.65. The van der Waals surface area contributed by atoms with Crippen molar-refractivity contribution in [3.05, 3.63) is 23.0 Å². The van der Waals surface area contributed by atoms with Crippen LogP contribution in [0.25, 0.3) is 0 Å². The number of nitrogens with zero attached hydrogens (tertiary/aromatic N) is 2. The lowest BCUT2D eigenvalue weighted by Gasteiger charge is -2.21. The number of hydrogen-bond donors (Lipinski definition) is 2. The van der Waals surface area contributed by atoms with E-state index in [2.05, 4.69) is 5.32 Å². The fraction of sp³-hybridized carbons (Fsp3) is 0.615. The number of aryl methyl sites for hydroxylation is 1. The van der Waals surface area contributed by atoms with E-state index in [-0.39, 0.29) is 18.7 Å². The lowest BCUT2D eigenvalue weighted by molar-refractivity contribution is 0.200. The third kappa shape index (κ3) is 5.12. The molecule has 0 aromatic carbocycles. The molecule has 0 saturated carbocycles. The Morgan fingerprint density at radius 2 is 2.32 bits per heavy atom. The van der Waals surface area contributed by atoms with Gasteiger partial charge in [-0.15, -0.1) is 0 Å². The van der Waals surface area contributed by atoms with Crippen molar-refractivity contribution in [1.29, 1.82) is 0 Å². The second-order valence-electron chi connectivity index (χ2n) is 4.83. The fourth-order valence-electron chi connectivity index (χ4n) is 1.83. The maximum Gasteiger partial charge on any atom is 0.317 e. The highest BCUT2D eigenvalue weighted by Gasteiger charge is 2.13. The minimum Gasteiger partial charge on any atom is -0.396 e. The molecular weight excluding hydrogens is 266 g/mol. The maximum atomic E-state index is 11.9. The standard InChI is InChI=1S/C13H22ClN3O2/c1-10(5-4-6-18)15-13(19)17(3)9-12-7-11(14)8-16(12)2/h7-8,10,18H,4-6,9H2,1-3H3,(H,15,19). The molecule has 0 radical (unpaired) electrons. The van der Waals surface area contributed by atoms with Crippen LogP contribution in [0.15, 0.2) is 12.3 Å². The number of aromatic nitrogens is 1. The van der Waals surface area contributed by atoms with Crippen LogP contribution in [0.4, 0.5) is 4.79 Å². The molecule has 2 amide bonds. The Kier molecular flexibility index (Phi) is 6.18. The van der Waals surface area contributed by atoms with Gasteiger partial charge in [0.2, 0.25) is 0 Å². The second kappa shape index (κ2) is 7.40. The molecule has 1 aromatic heterocycles. The summed E-state index contributed by atoms with van der Waals surface area (Å²) in [5.41, 5.74) is 0.977. The Hall–Kier alpha value is -1.20. The van der Waals surface area contributed by atoms with Gasteiger partial charge < -0.3 is 19.9 Å². The molecule has 1 heterocycles. The first-order valence-corrected chi connectivity index (χ1v) is 6.75. The van der Waals surface area contributed by atoms with Gasteiger partial charge in [0, 0.05) is 38.6 Å². The van der Waals surface area contributed by atoms with Crippen molar-refractivity contribution in [2.45, 2.75) is 32.4 Å². The molecule has 1 atom stereocenters. The number of carbonyl (C=O) groups excluding carboxylic acids is 1. The Morgan fingerprint density at radius 3 is 2.84 bits per heavy atom. The van der Waals surface area contributed by atoms with Crippen LogP contribution in [-0.2, 0) is 13.6 Å². The Morgan fingerprint density at radius 1 is 1.63 bits per heavy atom. The molecule has 108 valence electrons. The average molecular weight is 288 g/mol. The molecule has 1 unspecified atom stereocenters. The summed E-state index contributed by atoms with van der Waals surface area (Å²) in [7, 11) is 3.64. The molecule has 0 saturated heterocycles. The SMILES string of the molecule is CC(CCCO)NC(=O)N(C)Cc1cc(Cl)cn1C. The van der Waals surface area contributed by atoms with E-state index in [1.807, 2.05) is 30.8 Å². The van der Waals surface area contributed by atoms with Gasteiger partial charge in [0.1, 0.15) is 0 Å². The largest absolute Gasteiger partial charge is 0.396 e. The molecule has 6 heteroatoms. The molecular formula is C13H22ClN3O2. The minimum absolute atomic E-state index is 0.0547. The van der Waals surface area contributed by atoms with E-state index in [9.17, 15) is 4.79 Å². The van der Waals surface area contributed by atoms with Gasteiger partial charge in [-0.1, -0.05) is 11.6 Å². The summed E-state index contributed by atoms with van der Waals surface area (Å²) in [4.78, 5) is 13.6. The first-order chi connectivity index (χ1) is 8.93. The molecule has 5 nitrogen and oxygen atoms in total. The molecule has 0 aliphatic carbocycles. The highest BCUT2D eigenvalue weighted by atomic mass is 35.5. The molecule has 1 rings (SSSR count). The normalized spacial score (nSPS) is 12.3. The summed E-state index contributed by atoms with van der Waals surface area (Å²) in [6, 6.07) is 1.78. The molecule has 2 N–H and O–H groups in total. The summed E-state index contributed by atoms with van der Waals surface area (Å²) in [5.74, 6) is 0. The van der Waals surface area contributed by atoms with Crippen LogP contribution in [0.2, 0.25) is 5.02 Å². The van der Waals surface area contributed by atoms with E-state index >= 15 is 0 Å². The number of halogens is 1. The summed E-state index contributed by atoms with van der Waals surface area (Å²) in [5, 5.41) is 12.3. The molecule has 0 aliphatic heterocycles. The molecule has 0 bridgehead atoms. The zero-order chi connectivity index (χ0) is 14.4. The Labute approximate surface area is 119 Å². The van der Waals surface area contributed by atoms with Gasteiger partial charge in [-0.05, 0) is 25.8 Å². The first-order valence-electron chi connectivity index (χ1n) is 6.37. The van der Waals surface area contributed by atoms with E-state index in [1.54, 1.807) is 11.9 Å². The molecule has 1 aromatic rings. The molecule has 0 aliphatic rings. The van der Waals surface area contributed by atoms with Gasteiger partial charge in [-0.3, -0.25) is 0 Å². The number of urea groups is 1. The summed E-state index contributed by atoms with van der Waals surface area (Å²) in [6.45, 7) is 2.58. The highest BCUT2D eigenvalue weighted by Crippen LogP contribution is 2.14. The quantitative estimate of drug-likeness (QED) is 0.840. The van der Waals surface area contributed by atoms with Crippen LogP contribution in [0, 0.1) is 0 Å². The zero-order valence-electron chi connectivity index (χ0n) is 11.7. The number of nitrogens with one attached hydrogen (secondary N) is 1. The summed E-state index contributed by atoms with van der Waals surface area (Å²) < 4.78 is 1.90. The Bertz CT molecular complexity index is 420.